The molecule has 1 saturated heterocycles. The van der Waals surface area contributed by atoms with E-state index >= 15 is 0 Å². The van der Waals surface area contributed by atoms with Gasteiger partial charge in [-0.05, 0) is 43.9 Å². The van der Waals surface area contributed by atoms with Crippen molar-refractivity contribution in [2.75, 3.05) is 13.1 Å². The number of rotatable bonds is 1. The molecule has 0 aromatic heterocycles. The van der Waals surface area contributed by atoms with E-state index in [-0.39, 0.29) is 12.0 Å². The van der Waals surface area contributed by atoms with Crippen LogP contribution in [0.15, 0.2) is 0 Å². The summed E-state index contributed by atoms with van der Waals surface area (Å²) in [6.45, 7) is 1.64. The second kappa shape index (κ2) is 6.14. The van der Waals surface area contributed by atoms with Crippen molar-refractivity contribution in [1.82, 2.24) is 4.90 Å². The van der Waals surface area contributed by atoms with Crippen LogP contribution in [-0.4, -0.2) is 35.1 Å². The lowest BCUT2D eigenvalue weighted by atomic mass is 9.67. The molecule has 3 aliphatic carbocycles. The number of hydrogen-bond acceptors (Lipinski definition) is 2. The summed E-state index contributed by atoms with van der Waals surface area (Å²) < 4.78 is 0. The Morgan fingerprint density at radius 2 is 1.41 bits per heavy atom. The lowest BCUT2D eigenvalue weighted by Crippen LogP contribution is -2.54. The SMILES string of the molecule is O=C(C1CCC2CCCCC2C1)N1CC2CCCC(C1)C2O. The topological polar surface area (TPSA) is 40.5 Å². The van der Waals surface area contributed by atoms with Crippen LogP contribution < -0.4 is 0 Å². The molecule has 0 spiro atoms. The molecule has 5 unspecified atom stereocenters. The van der Waals surface area contributed by atoms with Crippen molar-refractivity contribution in [1.29, 1.82) is 0 Å². The van der Waals surface area contributed by atoms with Gasteiger partial charge >= 0.3 is 0 Å². The number of aliphatic hydroxyl groups excluding tert-OH is 1. The smallest absolute Gasteiger partial charge is 0.225 e. The standard InChI is InChI=1S/C19H31NO2/c21-18-16-6-3-7-17(18)12-20(11-16)19(22)15-9-8-13-4-1-2-5-14(13)10-15/h13-18,21H,1-12H2. The van der Waals surface area contributed by atoms with Crippen LogP contribution in [0.4, 0.5) is 0 Å². The Balaban J connectivity index is 1.39. The third-order valence-corrected chi connectivity index (χ3v) is 7.23. The van der Waals surface area contributed by atoms with E-state index in [1.807, 2.05) is 0 Å². The van der Waals surface area contributed by atoms with Gasteiger partial charge in [-0.15, -0.1) is 0 Å². The fourth-order valence-corrected chi connectivity index (χ4v) is 5.94. The fourth-order valence-electron chi connectivity index (χ4n) is 5.94. The summed E-state index contributed by atoms with van der Waals surface area (Å²) in [5.74, 6) is 3.15. The summed E-state index contributed by atoms with van der Waals surface area (Å²) in [5.41, 5.74) is 0. The summed E-state index contributed by atoms with van der Waals surface area (Å²) in [6.07, 6.45) is 12.4. The van der Waals surface area contributed by atoms with Gasteiger partial charge in [-0.1, -0.05) is 32.1 Å². The van der Waals surface area contributed by atoms with Crippen molar-refractivity contribution < 1.29 is 9.90 Å². The predicted molar refractivity (Wildman–Crippen MR) is 86.2 cm³/mol. The van der Waals surface area contributed by atoms with Gasteiger partial charge < -0.3 is 10.0 Å². The van der Waals surface area contributed by atoms with Crippen LogP contribution in [0, 0.1) is 29.6 Å². The van der Waals surface area contributed by atoms with Crippen LogP contribution in [0.3, 0.4) is 0 Å². The highest BCUT2D eigenvalue weighted by Gasteiger charge is 2.42. The fraction of sp³-hybridized carbons (Fsp3) is 0.947. The molecular weight excluding hydrogens is 274 g/mol. The van der Waals surface area contributed by atoms with Crippen LogP contribution in [-0.2, 0) is 4.79 Å². The molecule has 3 heteroatoms. The zero-order valence-corrected chi connectivity index (χ0v) is 13.8. The quantitative estimate of drug-likeness (QED) is 0.808. The van der Waals surface area contributed by atoms with Crippen LogP contribution in [0.1, 0.15) is 64.2 Å². The molecule has 0 aromatic rings. The van der Waals surface area contributed by atoms with Crippen molar-refractivity contribution in [3.8, 4) is 0 Å². The van der Waals surface area contributed by atoms with E-state index < -0.39 is 0 Å². The van der Waals surface area contributed by atoms with Crippen molar-refractivity contribution in [3.63, 3.8) is 0 Å². The molecule has 4 fully saturated rings. The Morgan fingerprint density at radius 1 is 0.773 bits per heavy atom. The molecule has 3 saturated carbocycles. The normalized spacial score (nSPS) is 45.2. The van der Waals surface area contributed by atoms with E-state index in [0.717, 1.165) is 50.6 Å². The average molecular weight is 305 g/mol. The number of aliphatic hydroxyl groups is 1. The zero-order chi connectivity index (χ0) is 15.1. The predicted octanol–water partition coefficient (Wildman–Crippen LogP) is 3.21. The third-order valence-electron chi connectivity index (χ3n) is 7.23. The molecule has 1 N–H and O–H groups in total. The Morgan fingerprint density at radius 3 is 2.14 bits per heavy atom. The summed E-state index contributed by atoms with van der Waals surface area (Å²) in [7, 11) is 0. The second-order valence-corrected chi connectivity index (χ2v) is 8.50. The van der Waals surface area contributed by atoms with Gasteiger partial charge in [0.05, 0.1) is 6.10 Å². The largest absolute Gasteiger partial charge is 0.392 e. The minimum Gasteiger partial charge on any atom is -0.392 e. The van der Waals surface area contributed by atoms with Crippen LogP contribution in [0.2, 0.25) is 0 Å². The van der Waals surface area contributed by atoms with Gasteiger partial charge in [-0.2, -0.15) is 0 Å². The summed E-state index contributed by atoms with van der Waals surface area (Å²) in [6, 6.07) is 0. The number of likely N-dealkylation sites (tertiary alicyclic amines) is 1. The molecule has 5 atom stereocenters. The maximum absolute atomic E-state index is 13.0. The Hall–Kier alpha value is -0.570. The molecule has 0 radical (unpaired) electrons. The van der Waals surface area contributed by atoms with Gasteiger partial charge in [-0.3, -0.25) is 4.79 Å². The lowest BCUT2D eigenvalue weighted by Gasteiger charge is -2.47. The third kappa shape index (κ3) is 2.70. The molecule has 1 aliphatic heterocycles. The summed E-state index contributed by atoms with van der Waals surface area (Å²) in [4.78, 5) is 15.1. The summed E-state index contributed by atoms with van der Waals surface area (Å²) >= 11 is 0. The molecule has 1 amide bonds. The molecule has 1 heterocycles. The van der Waals surface area contributed by atoms with Gasteiger partial charge in [-0.25, -0.2) is 0 Å². The summed E-state index contributed by atoms with van der Waals surface area (Å²) in [5, 5.41) is 10.3. The highest BCUT2D eigenvalue weighted by molar-refractivity contribution is 5.79. The molecule has 4 rings (SSSR count). The van der Waals surface area contributed by atoms with Gasteiger partial charge in [0.15, 0.2) is 0 Å². The van der Waals surface area contributed by atoms with Crippen molar-refractivity contribution >= 4 is 5.91 Å². The van der Waals surface area contributed by atoms with E-state index in [9.17, 15) is 9.90 Å². The lowest BCUT2D eigenvalue weighted by molar-refractivity contribution is -0.146. The van der Waals surface area contributed by atoms with Crippen LogP contribution >= 0.6 is 0 Å². The van der Waals surface area contributed by atoms with Crippen molar-refractivity contribution in [2.45, 2.75) is 70.3 Å². The molecule has 4 aliphatic rings. The van der Waals surface area contributed by atoms with E-state index in [0.29, 0.717) is 17.7 Å². The van der Waals surface area contributed by atoms with E-state index in [4.69, 9.17) is 0 Å². The molecule has 0 aromatic carbocycles. The van der Waals surface area contributed by atoms with Gasteiger partial charge in [0.25, 0.3) is 0 Å². The second-order valence-electron chi connectivity index (χ2n) is 8.50. The van der Waals surface area contributed by atoms with Crippen molar-refractivity contribution in [3.05, 3.63) is 0 Å². The maximum Gasteiger partial charge on any atom is 0.225 e. The number of hydrogen-bond donors (Lipinski definition) is 1. The maximum atomic E-state index is 13.0. The minimum atomic E-state index is -0.146. The van der Waals surface area contributed by atoms with Gasteiger partial charge in [0, 0.05) is 30.8 Å². The Kier molecular flexibility index (Phi) is 4.19. The molecule has 3 nitrogen and oxygen atoms in total. The highest BCUT2D eigenvalue weighted by Crippen LogP contribution is 2.44. The Labute approximate surface area is 134 Å². The number of carbonyl (C=O) groups excluding carboxylic acids is 1. The number of nitrogens with zero attached hydrogens (tertiary/aromatic N) is 1. The number of carbonyl (C=O) groups is 1. The average Bonchev–Trinajstić information content (AvgIpc) is 2.53. The van der Waals surface area contributed by atoms with E-state index in [1.54, 1.807) is 0 Å². The van der Waals surface area contributed by atoms with Gasteiger partial charge in [0.1, 0.15) is 0 Å². The number of amides is 1. The molecule has 2 bridgehead atoms. The van der Waals surface area contributed by atoms with Gasteiger partial charge in [0.2, 0.25) is 5.91 Å². The zero-order valence-electron chi connectivity index (χ0n) is 13.8. The monoisotopic (exact) mass is 305 g/mol. The molecule has 22 heavy (non-hydrogen) atoms. The number of fused-ring (bicyclic) bond motifs is 3. The van der Waals surface area contributed by atoms with E-state index in [2.05, 4.69) is 4.90 Å². The number of piperidine rings is 1. The first-order valence-electron chi connectivity index (χ1n) is 9.69. The minimum absolute atomic E-state index is 0.146. The molecule has 124 valence electrons. The highest BCUT2D eigenvalue weighted by atomic mass is 16.3. The Bertz CT molecular complexity index is 410. The van der Waals surface area contributed by atoms with Crippen molar-refractivity contribution in [2.24, 2.45) is 29.6 Å². The van der Waals surface area contributed by atoms with E-state index in [1.165, 1.54) is 38.5 Å². The van der Waals surface area contributed by atoms with Crippen LogP contribution in [0.5, 0.6) is 0 Å². The molecular formula is C19H31NO2. The first kappa shape index (κ1) is 15.0. The first-order chi connectivity index (χ1) is 10.7. The van der Waals surface area contributed by atoms with Crippen LogP contribution in [0.25, 0.3) is 0 Å². The first-order valence-corrected chi connectivity index (χ1v) is 9.69.